The van der Waals surface area contributed by atoms with E-state index in [1.54, 1.807) is 33.8 Å². The summed E-state index contributed by atoms with van der Waals surface area (Å²) in [5, 5.41) is 24.3. The van der Waals surface area contributed by atoms with Gasteiger partial charge in [-0.15, -0.1) is 0 Å². The Morgan fingerprint density at radius 1 is 1.35 bits per heavy atom. The van der Waals surface area contributed by atoms with Crippen molar-refractivity contribution in [3.8, 4) is 0 Å². The van der Waals surface area contributed by atoms with Crippen molar-refractivity contribution >= 4 is 5.97 Å². The lowest BCUT2D eigenvalue weighted by atomic mass is 10.0. The van der Waals surface area contributed by atoms with E-state index in [-0.39, 0.29) is 12.1 Å². The molecule has 6 nitrogen and oxygen atoms in total. The molecule has 6 N–H and O–H groups in total. The molecule has 0 fully saturated rings. The smallest absolute Gasteiger partial charge is 0.321 e. The third-order valence-corrected chi connectivity index (χ3v) is 2.27. The summed E-state index contributed by atoms with van der Waals surface area (Å²) in [6, 6.07) is -0.810. The molecule has 0 spiro atoms. The van der Waals surface area contributed by atoms with Gasteiger partial charge < -0.3 is 21.3 Å². The Morgan fingerprint density at radius 2 is 1.88 bits per heavy atom. The van der Waals surface area contributed by atoms with Gasteiger partial charge in [-0.25, -0.2) is 0 Å². The molecule has 0 aromatic carbocycles. The molecule has 0 saturated carbocycles. The third kappa shape index (κ3) is 5.67. The van der Waals surface area contributed by atoms with E-state index in [1.807, 2.05) is 0 Å². The van der Waals surface area contributed by atoms with Gasteiger partial charge in [0.2, 0.25) is 0 Å². The van der Waals surface area contributed by atoms with Crippen molar-refractivity contribution in [1.29, 1.82) is 0 Å². The molecule has 100 valence electrons. The largest absolute Gasteiger partial charge is 0.480 e. The first-order valence-electron chi connectivity index (χ1n) is 5.64. The first kappa shape index (κ1) is 15.9. The van der Waals surface area contributed by atoms with E-state index in [0.29, 0.717) is 5.70 Å². The standard InChI is InChI=1S/C11H23N3O3/c1-5-8(13-7(4)12)10(15)14-9(6(2)3)11(16)17/h5-7,9-10,13-15H,12H2,1-4H3,(H,16,17)/b8-5-/t7?,9-,10?/m0/s1. The molecule has 0 heterocycles. The minimum absolute atomic E-state index is 0.129. The predicted molar refractivity (Wildman–Crippen MR) is 65.9 cm³/mol. The fraction of sp³-hybridized carbons (Fsp3) is 0.727. The van der Waals surface area contributed by atoms with E-state index in [9.17, 15) is 9.90 Å². The van der Waals surface area contributed by atoms with Crippen LogP contribution in [0.4, 0.5) is 0 Å². The summed E-state index contributed by atoms with van der Waals surface area (Å²) in [6.45, 7) is 7.01. The summed E-state index contributed by atoms with van der Waals surface area (Å²) in [5.74, 6) is -1.12. The van der Waals surface area contributed by atoms with Gasteiger partial charge in [0.1, 0.15) is 12.3 Å². The highest BCUT2D eigenvalue weighted by Crippen LogP contribution is 2.05. The number of allylic oxidation sites excluding steroid dienone is 1. The monoisotopic (exact) mass is 245 g/mol. The van der Waals surface area contributed by atoms with Crippen molar-refractivity contribution < 1.29 is 15.0 Å². The molecule has 17 heavy (non-hydrogen) atoms. The van der Waals surface area contributed by atoms with Crippen LogP contribution in [0.15, 0.2) is 11.8 Å². The van der Waals surface area contributed by atoms with Crippen LogP contribution in [0.2, 0.25) is 0 Å². The van der Waals surface area contributed by atoms with E-state index >= 15 is 0 Å². The summed E-state index contributed by atoms with van der Waals surface area (Å²) >= 11 is 0. The molecule has 0 aromatic rings. The van der Waals surface area contributed by atoms with Gasteiger partial charge in [-0.3, -0.25) is 10.1 Å². The topological polar surface area (TPSA) is 108 Å². The Hall–Kier alpha value is -1.11. The number of carboxylic acid groups (broad SMARTS) is 1. The second-order valence-corrected chi connectivity index (χ2v) is 4.31. The highest BCUT2D eigenvalue weighted by atomic mass is 16.4. The molecule has 0 aromatic heterocycles. The molecular formula is C11H23N3O3. The molecule has 0 radical (unpaired) electrons. The van der Waals surface area contributed by atoms with Crippen LogP contribution in [0.5, 0.6) is 0 Å². The van der Waals surface area contributed by atoms with E-state index in [2.05, 4.69) is 10.6 Å². The summed E-state index contributed by atoms with van der Waals surface area (Å²) in [4.78, 5) is 11.0. The second-order valence-electron chi connectivity index (χ2n) is 4.31. The van der Waals surface area contributed by atoms with Crippen molar-refractivity contribution in [3.63, 3.8) is 0 Å². The van der Waals surface area contributed by atoms with Crippen molar-refractivity contribution in [1.82, 2.24) is 10.6 Å². The van der Waals surface area contributed by atoms with E-state index in [4.69, 9.17) is 10.8 Å². The summed E-state index contributed by atoms with van der Waals surface area (Å²) in [7, 11) is 0. The van der Waals surface area contributed by atoms with Crippen LogP contribution in [-0.4, -0.2) is 34.6 Å². The van der Waals surface area contributed by atoms with E-state index < -0.39 is 18.2 Å². The maximum absolute atomic E-state index is 11.0. The minimum atomic E-state index is -1.07. The Kier molecular flexibility index (Phi) is 6.79. The molecule has 0 rings (SSSR count). The molecule has 0 amide bonds. The number of nitrogens with one attached hydrogen (secondary N) is 2. The number of aliphatic hydroxyl groups is 1. The number of hydrogen-bond donors (Lipinski definition) is 5. The Labute approximate surface area is 102 Å². The number of hydrogen-bond acceptors (Lipinski definition) is 5. The Bertz CT molecular complexity index is 277. The lowest BCUT2D eigenvalue weighted by Gasteiger charge is -2.25. The van der Waals surface area contributed by atoms with Gasteiger partial charge in [0.15, 0.2) is 0 Å². The molecule has 0 bridgehead atoms. The lowest BCUT2D eigenvalue weighted by Crippen LogP contribution is -2.50. The van der Waals surface area contributed by atoms with E-state index in [1.165, 1.54) is 0 Å². The van der Waals surface area contributed by atoms with Crippen LogP contribution in [0.3, 0.4) is 0 Å². The van der Waals surface area contributed by atoms with Crippen LogP contribution in [0.25, 0.3) is 0 Å². The zero-order valence-electron chi connectivity index (χ0n) is 10.8. The molecule has 0 aliphatic rings. The summed E-state index contributed by atoms with van der Waals surface area (Å²) in [5.41, 5.74) is 6.01. The van der Waals surface area contributed by atoms with Gasteiger partial charge in [-0.1, -0.05) is 19.9 Å². The first-order chi connectivity index (χ1) is 7.79. The van der Waals surface area contributed by atoms with E-state index in [0.717, 1.165) is 0 Å². The summed E-state index contributed by atoms with van der Waals surface area (Å²) < 4.78 is 0. The van der Waals surface area contributed by atoms with Gasteiger partial charge in [0.25, 0.3) is 0 Å². The fourth-order valence-corrected chi connectivity index (χ4v) is 1.39. The lowest BCUT2D eigenvalue weighted by molar-refractivity contribution is -0.141. The van der Waals surface area contributed by atoms with Crippen molar-refractivity contribution in [2.75, 3.05) is 0 Å². The van der Waals surface area contributed by atoms with Crippen molar-refractivity contribution in [2.45, 2.75) is 46.1 Å². The maximum Gasteiger partial charge on any atom is 0.321 e. The third-order valence-electron chi connectivity index (χ3n) is 2.27. The van der Waals surface area contributed by atoms with Gasteiger partial charge >= 0.3 is 5.97 Å². The predicted octanol–water partition coefficient (Wildman–Crippen LogP) is -0.198. The van der Waals surface area contributed by atoms with Crippen LogP contribution < -0.4 is 16.4 Å². The summed E-state index contributed by atoms with van der Waals surface area (Å²) in [6.07, 6.45) is 0.259. The Balaban J connectivity index is 4.58. The number of carboxylic acids is 1. The average molecular weight is 245 g/mol. The zero-order valence-corrected chi connectivity index (χ0v) is 10.8. The number of aliphatic carboxylic acids is 1. The van der Waals surface area contributed by atoms with Gasteiger partial charge in [0.05, 0.1) is 11.9 Å². The number of nitrogens with two attached hydrogens (primary N) is 1. The van der Waals surface area contributed by atoms with Gasteiger partial charge in [-0.2, -0.15) is 0 Å². The van der Waals surface area contributed by atoms with Crippen LogP contribution in [0.1, 0.15) is 27.7 Å². The molecule has 0 aliphatic heterocycles. The molecule has 0 saturated heterocycles. The van der Waals surface area contributed by atoms with Crippen LogP contribution >= 0.6 is 0 Å². The minimum Gasteiger partial charge on any atom is -0.480 e. The van der Waals surface area contributed by atoms with Crippen molar-refractivity contribution in [3.05, 3.63) is 11.8 Å². The highest BCUT2D eigenvalue weighted by Gasteiger charge is 2.25. The molecular weight excluding hydrogens is 222 g/mol. The zero-order chi connectivity index (χ0) is 13.6. The quantitative estimate of drug-likeness (QED) is 0.398. The average Bonchev–Trinajstić information content (AvgIpc) is 2.20. The van der Waals surface area contributed by atoms with Crippen molar-refractivity contribution in [2.24, 2.45) is 11.7 Å². The second kappa shape index (κ2) is 7.26. The van der Waals surface area contributed by atoms with Gasteiger partial charge in [0, 0.05) is 0 Å². The number of carbonyl (C=O) groups is 1. The normalized spacial score (nSPS) is 17.7. The maximum atomic E-state index is 11.0. The highest BCUT2D eigenvalue weighted by molar-refractivity contribution is 5.73. The Morgan fingerprint density at radius 3 is 2.18 bits per heavy atom. The molecule has 6 heteroatoms. The number of rotatable bonds is 7. The molecule has 3 atom stereocenters. The number of aliphatic hydroxyl groups excluding tert-OH is 1. The van der Waals surface area contributed by atoms with Crippen LogP contribution in [0, 0.1) is 5.92 Å². The SMILES string of the molecule is C/C=C(\NC(C)N)C(O)N[C@H](C(=O)O)C(C)C. The fourth-order valence-electron chi connectivity index (χ4n) is 1.39. The van der Waals surface area contributed by atoms with Crippen LogP contribution in [-0.2, 0) is 4.79 Å². The molecule has 2 unspecified atom stereocenters. The molecule has 0 aliphatic carbocycles. The van der Waals surface area contributed by atoms with Gasteiger partial charge in [-0.05, 0) is 19.8 Å². The first-order valence-corrected chi connectivity index (χ1v) is 5.64.